The number of rotatable bonds is 7. The fraction of sp³-hybridized carbons (Fsp3) is 0.684. The molecule has 0 amide bonds. The average Bonchev–Trinajstić information content (AvgIpc) is 3.18. The van der Waals surface area contributed by atoms with Crippen molar-refractivity contribution in [2.24, 2.45) is 5.92 Å². The summed E-state index contributed by atoms with van der Waals surface area (Å²) in [6.45, 7) is 3.46. The zero-order chi connectivity index (χ0) is 13.8. The van der Waals surface area contributed by atoms with Crippen LogP contribution in [-0.2, 0) is 5.41 Å². The molecular weight excluding hydrogens is 242 g/mol. The fourth-order valence-corrected chi connectivity index (χ4v) is 4.12. The van der Waals surface area contributed by atoms with Crippen molar-refractivity contribution < 1.29 is 0 Å². The molecule has 0 bridgehead atoms. The highest BCUT2D eigenvalue weighted by Gasteiger charge is 2.44. The van der Waals surface area contributed by atoms with Gasteiger partial charge in [-0.05, 0) is 43.7 Å². The molecule has 1 aromatic rings. The van der Waals surface area contributed by atoms with Crippen molar-refractivity contribution in [3.8, 4) is 0 Å². The summed E-state index contributed by atoms with van der Waals surface area (Å²) in [5, 5.41) is 3.92. The third-order valence-corrected chi connectivity index (χ3v) is 5.42. The highest BCUT2D eigenvalue weighted by molar-refractivity contribution is 5.29. The van der Waals surface area contributed by atoms with Gasteiger partial charge in [0.1, 0.15) is 0 Å². The van der Waals surface area contributed by atoms with Gasteiger partial charge in [0.2, 0.25) is 0 Å². The highest BCUT2D eigenvalue weighted by atomic mass is 14.9. The van der Waals surface area contributed by atoms with Gasteiger partial charge in [-0.3, -0.25) is 0 Å². The summed E-state index contributed by atoms with van der Waals surface area (Å²) in [5.74, 6) is 1.01. The highest BCUT2D eigenvalue weighted by Crippen LogP contribution is 2.47. The van der Waals surface area contributed by atoms with Crippen LogP contribution in [0.15, 0.2) is 30.3 Å². The predicted molar refractivity (Wildman–Crippen MR) is 86.0 cm³/mol. The van der Waals surface area contributed by atoms with Crippen LogP contribution in [0.2, 0.25) is 0 Å². The summed E-state index contributed by atoms with van der Waals surface area (Å²) < 4.78 is 0. The maximum Gasteiger partial charge on any atom is 0.0167 e. The Hall–Kier alpha value is -0.820. The molecule has 20 heavy (non-hydrogen) atoms. The predicted octanol–water partition coefficient (Wildman–Crippen LogP) is 4.67. The van der Waals surface area contributed by atoms with Crippen molar-refractivity contribution in [3.63, 3.8) is 0 Å². The lowest BCUT2D eigenvalue weighted by Crippen LogP contribution is -2.47. The van der Waals surface area contributed by atoms with Gasteiger partial charge in [-0.2, -0.15) is 0 Å². The van der Waals surface area contributed by atoms with Gasteiger partial charge in [0.05, 0.1) is 0 Å². The second-order valence-corrected chi connectivity index (χ2v) is 6.92. The Balaban J connectivity index is 1.85. The van der Waals surface area contributed by atoms with Crippen LogP contribution < -0.4 is 5.32 Å². The molecule has 3 rings (SSSR count). The zero-order valence-corrected chi connectivity index (χ0v) is 12.9. The molecule has 0 radical (unpaired) electrons. The fourth-order valence-electron chi connectivity index (χ4n) is 4.12. The summed E-state index contributed by atoms with van der Waals surface area (Å²) in [6.07, 6.45) is 11.1. The van der Waals surface area contributed by atoms with Gasteiger partial charge >= 0.3 is 0 Å². The molecule has 1 N–H and O–H groups in total. The van der Waals surface area contributed by atoms with Gasteiger partial charge in [-0.25, -0.2) is 0 Å². The van der Waals surface area contributed by atoms with E-state index in [1.165, 1.54) is 57.9 Å². The Morgan fingerprint density at radius 1 is 1.15 bits per heavy atom. The number of nitrogens with one attached hydrogen (secondary N) is 1. The first-order valence-corrected chi connectivity index (χ1v) is 8.64. The van der Waals surface area contributed by atoms with Crippen molar-refractivity contribution in [1.29, 1.82) is 0 Å². The SMILES string of the molecule is CCCNC(CC1CC1)C1(c2ccccc2)CCCC1. The molecule has 110 valence electrons. The summed E-state index contributed by atoms with van der Waals surface area (Å²) >= 11 is 0. The van der Waals surface area contributed by atoms with Crippen LogP contribution in [0.4, 0.5) is 0 Å². The molecule has 1 heteroatoms. The van der Waals surface area contributed by atoms with E-state index in [-0.39, 0.29) is 0 Å². The van der Waals surface area contributed by atoms with Crippen molar-refractivity contribution in [2.75, 3.05) is 6.54 Å². The number of hydrogen-bond acceptors (Lipinski definition) is 1. The van der Waals surface area contributed by atoms with Crippen molar-refractivity contribution >= 4 is 0 Å². The Morgan fingerprint density at radius 2 is 1.85 bits per heavy atom. The van der Waals surface area contributed by atoms with E-state index in [1.807, 2.05) is 0 Å². The minimum Gasteiger partial charge on any atom is -0.313 e. The Kier molecular flexibility index (Phi) is 4.45. The third-order valence-electron chi connectivity index (χ3n) is 5.42. The molecule has 0 spiro atoms. The Morgan fingerprint density at radius 3 is 2.45 bits per heavy atom. The second kappa shape index (κ2) is 6.30. The molecule has 2 fully saturated rings. The van der Waals surface area contributed by atoms with Crippen molar-refractivity contribution in [1.82, 2.24) is 5.32 Å². The third kappa shape index (κ3) is 2.93. The van der Waals surface area contributed by atoms with E-state index in [1.54, 1.807) is 5.56 Å². The van der Waals surface area contributed by atoms with Gasteiger partial charge in [0.15, 0.2) is 0 Å². The number of benzene rings is 1. The van der Waals surface area contributed by atoms with E-state index in [2.05, 4.69) is 42.6 Å². The molecule has 2 saturated carbocycles. The second-order valence-electron chi connectivity index (χ2n) is 6.92. The van der Waals surface area contributed by atoms with Crippen LogP contribution in [0.5, 0.6) is 0 Å². The van der Waals surface area contributed by atoms with Gasteiger partial charge in [-0.1, -0.05) is 62.9 Å². The van der Waals surface area contributed by atoms with Crippen LogP contribution in [0.25, 0.3) is 0 Å². The molecule has 1 atom stereocenters. The van der Waals surface area contributed by atoms with Gasteiger partial charge in [0.25, 0.3) is 0 Å². The Labute approximate surface area is 124 Å². The van der Waals surface area contributed by atoms with E-state index < -0.39 is 0 Å². The van der Waals surface area contributed by atoms with E-state index in [0.717, 1.165) is 5.92 Å². The maximum atomic E-state index is 3.92. The van der Waals surface area contributed by atoms with Crippen LogP contribution in [0, 0.1) is 5.92 Å². The van der Waals surface area contributed by atoms with Crippen LogP contribution in [0.3, 0.4) is 0 Å². The minimum absolute atomic E-state index is 0.416. The van der Waals surface area contributed by atoms with E-state index in [9.17, 15) is 0 Å². The summed E-state index contributed by atoms with van der Waals surface area (Å²) in [6, 6.07) is 12.0. The topological polar surface area (TPSA) is 12.0 Å². The summed E-state index contributed by atoms with van der Waals surface area (Å²) in [5.41, 5.74) is 2.01. The summed E-state index contributed by atoms with van der Waals surface area (Å²) in [4.78, 5) is 0. The first-order valence-electron chi connectivity index (χ1n) is 8.64. The lowest BCUT2D eigenvalue weighted by atomic mass is 9.71. The zero-order valence-electron chi connectivity index (χ0n) is 12.9. The lowest BCUT2D eigenvalue weighted by Gasteiger charge is -2.39. The standard InChI is InChI=1S/C19H29N/c1-2-14-20-18(15-16-10-11-16)19(12-6-7-13-19)17-8-4-3-5-9-17/h3-5,8-9,16,18,20H,2,6-7,10-15H2,1H3. The number of hydrogen-bond donors (Lipinski definition) is 1. The Bertz CT molecular complexity index is 401. The monoisotopic (exact) mass is 271 g/mol. The molecule has 1 nitrogen and oxygen atoms in total. The molecule has 0 heterocycles. The van der Waals surface area contributed by atoms with Crippen LogP contribution in [-0.4, -0.2) is 12.6 Å². The smallest absolute Gasteiger partial charge is 0.0167 e. The minimum atomic E-state index is 0.416. The molecule has 0 aliphatic heterocycles. The molecule has 0 aromatic heterocycles. The van der Waals surface area contributed by atoms with Crippen LogP contribution in [0.1, 0.15) is 63.9 Å². The lowest BCUT2D eigenvalue weighted by molar-refractivity contribution is 0.272. The van der Waals surface area contributed by atoms with E-state index >= 15 is 0 Å². The van der Waals surface area contributed by atoms with Crippen LogP contribution >= 0.6 is 0 Å². The average molecular weight is 271 g/mol. The summed E-state index contributed by atoms with van der Waals surface area (Å²) in [7, 11) is 0. The van der Waals surface area contributed by atoms with Gasteiger partial charge < -0.3 is 5.32 Å². The molecule has 2 aliphatic carbocycles. The quantitative estimate of drug-likeness (QED) is 0.760. The molecule has 1 unspecified atom stereocenters. The largest absolute Gasteiger partial charge is 0.313 e. The maximum absolute atomic E-state index is 3.92. The van der Waals surface area contributed by atoms with E-state index in [4.69, 9.17) is 0 Å². The molecular formula is C19H29N. The van der Waals surface area contributed by atoms with Gasteiger partial charge in [0, 0.05) is 11.5 Å². The van der Waals surface area contributed by atoms with E-state index in [0.29, 0.717) is 11.5 Å². The van der Waals surface area contributed by atoms with Crippen molar-refractivity contribution in [2.45, 2.75) is 69.7 Å². The molecule has 0 saturated heterocycles. The molecule has 2 aliphatic rings. The first kappa shape index (κ1) is 14.1. The first-order chi connectivity index (χ1) is 9.85. The van der Waals surface area contributed by atoms with Crippen molar-refractivity contribution in [3.05, 3.63) is 35.9 Å². The van der Waals surface area contributed by atoms with Gasteiger partial charge in [-0.15, -0.1) is 0 Å². The normalized spacial score (nSPS) is 22.9. The molecule has 1 aromatic carbocycles.